The lowest BCUT2D eigenvalue weighted by atomic mass is 10.0. The van der Waals surface area contributed by atoms with E-state index in [1.807, 2.05) is 30.3 Å². The average Bonchev–Trinajstić information content (AvgIpc) is 3.24. The lowest BCUT2D eigenvalue weighted by molar-refractivity contribution is -0.140. The Kier molecular flexibility index (Phi) is 5.10. The number of carbonyl (C=O) groups is 1. The maximum absolute atomic E-state index is 11.3. The Morgan fingerprint density at radius 1 is 1.42 bits per heavy atom. The van der Waals surface area contributed by atoms with Gasteiger partial charge in [0.05, 0.1) is 25.1 Å². The maximum Gasteiger partial charge on any atom is 0.305 e. The lowest BCUT2D eigenvalue weighted by Crippen LogP contribution is -2.30. The molecule has 24 heavy (non-hydrogen) atoms. The lowest BCUT2D eigenvalue weighted by Gasteiger charge is -2.25. The van der Waals surface area contributed by atoms with Crippen molar-refractivity contribution in [2.75, 3.05) is 13.7 Å². The Labute approximate surface area is 145 Å². The van der Waals surface area contributed by atoms with Gasteiger partial charge in [-0.1, -0.05) is 6.07 Å². The zero-order valence-electron chi connectivity index (χ0n) is 13.3. The van der Waals surface area contributed by atoms with Crippen molar-refractivity contribution in [1.82, 2.24) is 15.2 Å². The summed E-state index contributed by atoms with van der Waals surface area (Å²) in [7, 11) is 1.40. The molecule has 3 rings (SSSR count). The van der Waals surface area contributed by atoms with E-state index in [0.29, 0.717) is 24.5 Å². The number of hydrogen-bond donors (Lipinski definition) is 1. The van der Waals surface area contributed by atoms with Crippen molar-refractivity contribution in [3.05, 3.63) is 54.2 Å². The van der Waals surface area contributed by atoms with Crippen LogP contribution in [0.4, 0.5) is 0 Å². The third-order valence-corrected chi connectivity index (χ3v) is 4.39. The largest absolute Gasteiger partial charge is 0.469 e. The first-order valence-electron chi connectivity index (χ1n) is 7.79. The Balaban J connectivity index is 1.81. The van der Waals surface area contributed by atoms with Gasteiger partial charge in [-0.2, -0.15) is 0 Å². The van der Waals surface area contributed by atoms with Crippen LogP contribution in [-0.2, 0) is 9.53 Å². The predicted octanol–water partition coefficient (Wildman–Crippen LogP) is 2.60. The van der Waals surface area contributed by atoms with Crippen LogP contribution in [0.1, 0.15) is 36.4 Å². The van der Waals surface area contributed by atoms with Crippen molar-refractivity contribution in [2.45, 2.75) is 24.9 Å². The summed E-state index contributed by atoms with van der Waals surface area (Å²) in [6.07, 6.45) is 4.42. The predicted molar refractivity (Wildman–Crippen MR) is 92.1 cm³/mol. The van der Waals surface area contributed by atoms with Gasteiger partial charge in [0.2, 0.25) is 0 Å². The second kappa shape index (κ2) is 7.44. The fourth-order valence-electron chi connectivity index (χ4n) is 2.91. The van der Waals surface area contributed by atoms with Crippen molar-refractivity contribution in [3.8, 4) is 0 Å². The zero-order valence-corrected chi connectivity index (χ0v) is 14.2. The molecule has 0 aromatic carbocycles. The van der Waals surface area contributed by atoms with Crippen molar-refractivity contribution >= 4 is 23.3 Å². The molecule has 3 heterocycles. The molecule has 2 aromatic rings. The molecule has 6 nitrogen and oxygen atoms in total. The highest BCUT2D eigenvalue weighted by molar-refractivity contribution is 7.80. The van der Waals surface area contributed by atoms with E-state index in [2.05, 4.69) is 15.2 Å². The minimum absolute atomic E-state index is 0.0945. The molecule has 1 N–H and O–H groups in total. The van der Waals surface area contributed by atoms with Crippen LogP contribution in [0.2, 0.25) is 0 Å². The summed E-state index contributed by atoms with van der Waals surface area (Å²) >= 11 is 5.51. The Bertz CT molecular complexity index is 690. The monoisotopic (exact) mass is 345 g/mol. The summed E-state index contributed by atoms with van der Waals surface area (Å²) in [4.78, 5) is 17.8. The van der Waals surface area contributed by atoms with Gasteiger partial charge < -0.3 is 19.4 Å². The fourth-order valence-corrected chi connectivity index (χ4v) is 3.24. The number of furan rings is 1. The van der Waals surface area contributed by atoms with Crippen LogP contribution in [0.15, 0.2) is 47.2 Å². The standard InChI is InChI=1S/C17H19N3O3S/c1-22-14(21)8-4-10-20-16(13-7-5-11-23-13)15(19-17(20)24)12-6-2-3-9-18-12/h2-3,5-7,9,11,15-16H,4,8,10H2,1H3,(H,19,24)/t15-,16-/m1/s1. The topological polar surface area (TPSA) is 67.6 Å². The summed E-state index contributed by atoms with van der Waals surface area (Å²) in [5.41, 5.74) is 0.900. The molecule has 0 spiro atoms. The van der Waals surface area contributed by atoms with Crippen molar-refractivity contribution in [2.24, 2.45) is 0 Å². The van der Waals surface area contributed by atoms with E-state index in [1.54, 1.807) is 12.5 Å². The van der Waals surface area contributed by atoms with Gasteiger partial charge in [0.25, 0.3) is 0 Å². The number of nitrogens with zero attached hydrogens (tertiary/aromatic N) is 2. The first kappa shape index (κ1) is 16.4. The van der Waals surface area contributed by atoms with Crippen molar-refractivity contribution in [1.29, 1.82) is 0 Å². The number of rotatable bonds is 6. The summed E-state index contributed by atoms with van der Waals surface area (Å²) in [6.45, 7) is 0.635. The first-order chi connectivity index (χ1) is 11.7. The van der Waals surface area contributed by atoms with Crippen LogP contribution in [-0.4, -0.2) is 34.6 Å². The van der Waals surface area contributed by atoms with E-state index in [1.165, 1.54) is 7.11 Å². The maximum atomic E-state index is 11.3. The molecule has 1 fully saturated rings. The third kappa shape index (κ3) is 3.41. The number of esters is 1. The number of ether oxygens (including phenoxy) is 1. The second-order valence-electron chi connectivity index (χ2n) is 5.52. The third-order valence-electron chi connectivity index (χ3n) is 4.04. The number of nitrogens with one attached hydrogen (secondary N) is 1. The molecule has 126 valence electrons. The molecule has 0 amide bonds. The number of carbonyl (C=O) groups excluding carboxylic acids is 1. The molecule has 7 heteroatoms. The smallest absolute Gasteiger partial charge is 0.305 e. The average molecular weight is 345 g/mol. The van der Waals surface area contributed by atoms with Gasteiger partial charge in [-0.25, -0.2) is 0 Å². The zero-order chi connectivity index (χ0) is 16.9. The molecule has 1 aliphatic rings. The van der Waals surface area contributed by atoms with Crippen LogP contribution in [0.3, 0.4) is 0 Å². The van der Waals surface area contributed by atoms with Crippen LogP contribution in [0, 0.1) is 0 Å². The normalized spacial score (nSPS) is 20.0. The molecule has 0 aliphatic carbocycles. The molecule has 1 saturated heterocycles. The minimum Gasteiger partial charge on any atom is -0.469 e. The summed E-state index contributed by atoms with van der Waals surface area (Å²) in [5.74, 6) is 0.597. The Morgan fingerprint density at radius 3 is 2.96 bits per heavy atom. The number of pyridine rings is 1. The summed E-state index contributed by atoms with van der Waals surface area (Å²) in [5, 5.41) is 3.97. The van der Waals surface area contributed by atoms with Gasteiger partial charge in [-0.05, 0) is 42.9 Å². The van der Waals surface area contributed by atoms with Gasteiger partial charge in [-0.15, -0.1) is 0 Å². The molecular formula is C17H19N3O3S. The van der Waals surface area contributed by atoms with E-state index in [-0.39, 0.29) is 18.1 Å². The second-order valence-corrected chi connectivity index (χ2v) is 5.90. The van der Waals surface area contributed by atoms with E-state index in [9.17, 15) is 4.79 Å². The molecular weight excluding hydrogens is 326 g/mol. The SMILES string of the molecule is COC(=O)CCCN1C(=S)N[C@H](c2ccccn2)[C@H]1c1ccco1. The minimum atomic E-state index is -0.219. The van der Waals surface area contributed by atoms with Crippen LogP contribution in [0.25, 0.3) is 0 Å². The number of thiocarbonyl (C=S) groups is 1. The molecule has 2 aromatic heterocycles. The Hall–Kier alpha value is -2.41. The summed E-state index contributed by atoms with van der Waals surface area (Å²) in [6, 6.07) is 9.40. The van der Waals surface area contributed by atoms with Gasteiger partial charge in [0.15, 0.2) is 5.11 Å². The van der Waals surface area contributed by atoms with Gasteiger partial charge >= 0.3 is 5.97 Å². The molecule has 0 bridgehead atoms. The van der Waals surface area contributed by atoms with E-state index >= 15 is 0 Å². The molecule has 0 radical (unpaired) electrons. The van der Waals surface area contributed by atoms with Crippen LogP contribution < -0.4 is 5.32 Å². The van der Waals surface area contributed by atoms with E-state index in [4.69, 9.17) is 21.4 Å². The highest BCUT2D eigenvalue weighted by Crippen LogP contribution is 2.38. The number of hydrogen-bond acceptors (Lipinski definition) is 5. The van der Waals surface area contributed by atoms with Crippen molar-refractivity contribution in [3.63, 3.8) is 0 Å². The molecule has 0 unspecified atom stereocenters. The quantitative estimate of drug-likeness (QED) is 0.637. The first-order valence-corrected chi connectivity index (χ1v) is 8.20. The number of aromatic nitrogens is 1. The summed E-state index contributed by atoms with van der Waals surface area (Å²) < 4.78 is 10.3. The van der Waals surface area contributed by atoms with Crippen molar-refractivity contribution < 1.29 is 13.9 Å². The van der Waals surface area contributed by atoms with Gasteiger partial charge in [-0.3, -0.25) is 9.78 Å². The Morgan fingerprint density at radius 2 is 2.29 bits per heavy atom. The van der Waals surface area contributed by atoms with Crippen LogP contribution in [0.5, 0.6) is 0 Å². The van der Waals surface area contributed by atoms with Gasteiger partial charge in [0.1, 0.15) is 11.8 Å². The van der Waals surface area contributed by atoms with E-state index in [0.717, 1.165) is 11.5 Å². The highest BCUT2D eigenvalue weighted by atomic mass is 32.1. The van der Waals surface area contributed by atoms with Crippen LogP contribution >= 0.6 is 12.2 Å². The molecule has 1 aliphatic heterocycles. The number of methoxy groups -OCH3 is 1. The molecule has 0 saturated carbocycles. The fraction of sp³-hybridized carbons (Fsp3) is 0.353. The highest BCUT2D eigenvalue weighted by Gasteiger charge is 2.41. The van der Waals surface area contributed by atoms with Gasteiger partial charge in [0, 0.05) is 19.2 Å². The molecule has 2 atom stereocenters. The van der Waals surface area contributed by atoms with E-state index < -0.39 is 0 Å².